The molecule has 2 aromatic carbocycles. The lowest BCUT2D eigenvalue weighted by Gasteiger charge is -2.29. The van der Waals surface area contributed by atoms with Crippen molar-refractivity contribution in [2.45, 2.75) is 43.9 Å². The van der Waals surface area contributed by atoms with Gasteiger partial charge in [-0.1, -0.05) is 42.5 Å². The van der Waals surface area contributed by atoms with Crippen LogP contribution in [0, 0.1) is 5.82 Å². The van der Waals surface area contributed by atoms with E-state index in [1.54, 1.807) is 6.07 Å². The molecule has 3 atom stereocenters. The fourth-order valence-electron chi connectivity index (χ4n) is 3.72. The van der Waals surface area contributed by atoms with Gasteiger partial charge in [-0.05, 0) is 37.3 Å². The highest BCUT2D eigenvalue weighted by atomic mass is 19.1. The molecule has 1 N–H and O–H groups in total. The Morgan fingerprint density at radius 2 is 1.64 bits per heavy atom. The third-order valence-corrected chi connectivity index (χ3v) is 4.77. The van der Waals surface area contributed by atoms with Crippen LogP contribution in [0.2, 0.25) is 0 Å². The monoisotopic (exact) mass is 297 g/mol. The van der Waals surface area contributed by atoms with Crippen LogP contribution < -0.4 is 10.1 Å². The maximum atomic E-state index is 14.8. The van der Waals surface area contributed by atoms with E-state index in [0.717, 1.165) is 18.4 Å². The molecule has 0 radical (unpaired) electrons. The molecule has 4 rings (SSSR count). The summed E-state index contributed by atoms with van der Waals surface area (Å²) in [7, 11) is 0. The van der Waals surface area contributed by atoms with E-state index in [4.69, 9.17) is 4.74 Å². The van der Waals surface area contributed by atoms with Crippen molar-refractivity contribution in [1.82, 2.24) is 5.32 Å². The van der Waals surface area contributed by atoms with Crippen LogP contribution in [-0.2, 0) is 0 Å². The standard InChI is InChI=1S/C19H20FNO/c20-19-17(13-5-2-1-3-6-13)7-4-8-18(19)22-16-11-14-9-10-15(12-16)21-14/h1-8,14-16,21H,9-12H2/t14-,15+,16-. The van der Waals surface area contributed by atoms with Crippen LogP contribution in [0.1, 0.15) is 25.7 Å². The van der Waals surface area contributed by atoms with Gasteiger partial charge < -0.3 is 10.1 Å². The van der Waals surface area contributed by atoms with Crippen molar-refractivity contribution in [2.75, 3.05) is 0 Å². The number of hydrogen-bond acceptors (Lipinski definition) is 2. The second kappa shape index (κ2) is 5.73. The summed E-state index contributed by atoms with van der Waals surface area (Å²) in [6.07, 6.45) is 4.52. The summed E-state index contributed by atoms with van der Waals surface area (Å²) in [5.41, 5.74) is 1.49. The smallest absolute Gasteiger partial charge is 0.172 e. The van der Waals surface area contributed by atoms with E-state index in [1.165, 1.54) is 12.8 Å². The summed E-state index contributed by atoms with van der Waals surface area (Å²) >= 11 is 0. The minimum absolute atomic E-state index is 0.124. The fraction of sp³-hybridized carbons (Fsp3) is 0.368. The first-order valence-electron chi connectivity index (χ1n) is 8.06. The Hall–Kier alpha value is -1.87. The van der Waals surface area contributed by atoms with Gasteiger partial charge in [0.15, 0.2) is 11.6 Å². The van der Waals surface area contributed by atoms with E-state index in [2.05, 4.69) is 5.32 Å². The summed E-state index contributed by atoms with van der Waals surface area (Å²) in [5, 5.41) is 3.58. The highest BCUT2D eigenvalue weighted by molar-refractivity contribution is 5.65. The zero-order chi connectivity index (χ0) is 14.9. The topological polar surface area (TPSA) is 21.3 Å². The van der Waals surface area contributed by atoms with E-state index >= 15 is 0 Å². The minimum Gasteiger partial charge on any atom is -0.487 e. The van der Waals surface area contributed by atoms with Crippen LogP contribution in [0.5, 0.6) is 5.75 Å². The Labute approximate surface area is 130 Å². The second-order valence-corrected chi connectivity index (χ2v) is 6.33. The largest absolute Gasteiger partial charge is 0.487 e. The third kappa shape index (κ3) is 2.61. The van der Waals surface area contributed by atoms with Crippen LogP contribution >= 0.6 is 0 Å². The van der Waals surface area contributed by atoms with E-state index in [0.29, 0.717) is 23.4 Å². The van der Waals surface area contributed by atoms with E-state index in [-0.39, 0.29) is 11.9 Å². The molecule has 0 unspecified atom stereocenters. The Morgan fingerprint density at radius 3 is 2.36 bits per heavy atom. The number of rotatable bonds is 3. The van der Waals surface area contributed by atoms with Gasteiger partial charge in [0.2, 0.25) is 0 Å². The molecular formula is C19H20FNO. The average molecular weight is 297 g/mol. The van der Waals surface area contributed by atoms with E-state index < -0.39 is 0 Å². The van der Waals surface area contributed by atoms with Crippen molar-refractivity contribution in [3.05, 3.63) is 54.3 Å². The van der Waals surface area contributed by atoms with Crippen LogP contribution in [0.15, 0.2) is 48.5 Å². The van der Waals surface area contributed by atoms with Gasteiger partial charge >= 0.3 is 0 Å². The molecule has 0 aliphatic carbocycles. The average Bonchev–Trinajstić information content (AvgIpc) is 2.89. The predicted octanol–water partition coefficient (Wildman–Crippen LogP) is 4.15. The summed E-state index contributed by atoms with van der Waals surface area (Å²) < 4.78 is 20.8. The number of hydrogen-bond donors (Lipinski definition) is 1. The minimum atomic E-state index is -0.250. The van der Waals surface area contributed by atoms with Gasteiger partial charge in [0.05, 0.1) is 0 Å². The zero-order valence-corrected chi connectivity index (χ0v) is 12.5. The van der Waals surface area contributed by atoms with Crippen molar-refractivity contribution in [2.24, 2.45) is 0 Å². The van der Waals surface area contributed by atoms with E-state index in [1.807, 2.05) is 42.5 Å². The Balaban J connectivity index is 1.58. The first-order valence-corrected chi connectivity index (χ1v) is 8.06. The SMILES string of the molecule is Fc1c(O[C@@H]2C[C@H]3CC[C@@H](C2)N3)cccc1-c1ccccc1. The van der Waals surface area contributed by atoms with Gasteiger partial charge in [-0.25, -0.2) is 4.39 Å². The van der Waals surface area contributed by atoms with Crippen LogP contribution in [-0.4, -0.2) is 18.2 Å². The molecular weight excluding hydrogens is 277 g/mol. The lowest BCUT2D eigenvalue weighted by molar-refractivity contribution is 0.132. The maximum Gasteiger partial charge on any atom is 0.172 e. The Morgan fingerprint density at radius 1 is 0.909 bits per heavy atom. The molecule has 3 heteroatoms. The summed E-state index contributed by atoms with van der Waals surface area (Å²) in [6.45, 7) is 0. The Kier molecular flexibility index (Phi) is 3.59. The molecule has 0 aromatic heterocycles. The molecule has 2 fully saturated rings. The van der Waals surface area contributed by atoms with Gasteiger partial charge in [0, 0.05) is 17.6 Å². The van der Waals surface area contributed by atoms with Gasteiger partial charge in [-0.15, -0.1) is 0 Å². The number of benzene rings is 2. The summed E-state index contributed by atoms with van der Waals surface area (Å²) in [6, 6.07) is 16.1. The third-order valence-electron chi connectivity index (χ3n) is 4.77. The number of nitrogens with one attached hydrogen (secondary N) is 1. The number of ether oxygens (including phenoxy) is 1. The molecule has 2 bridgehead atoms. The maximum absolute atomic E-state index is 14.8. The first kappa shape index (κ1) is 13.8. The lowest BCUT2D eigenvalue weighted by atomic mass is 10.0. The number of fused-ring (bicyclic) bond motifs is 2. The molecule has 2 saturated heterocycles. The quantitative estimate of drug-likeness (QED) is 0.918. The molecule has 2 aromatic rings. The number of halogens is 1. The van der Waals surface area contributed by atoms with Crippen LogP contribution in [0.3, 0.4) is 0 Å². The fourth-order valence-corrected chi connectivity index (χ4v) is 3.72. The number of piperidine rings is 1. The highest BCUT2D eigenvalue weighted by Gasteiger charge is 2.34. The van der Waals surface area contributed by atoms with Gasteiger partial charge in [0.1, 0.15) is 6.10 Å². The molecule has 22 heavy (non-hydrogen) atoms. The highest BCUT2D eigenvalue weighted by Crippen LogP contribution is 2.33. The summed E-state index contributed by atoms with van der Waals surface area (Å²) in [5.74, 6) is 0.132. The molecule has 2 heterocycles. The van der Waals surface area contributed by atoms with Crippen LogP contribution in [0.4, 0.5) is 4.39 Å². The second-order valence-electron chi connectivity index (χ2n) is 6.33. The molecule has 2 aliphatic rings. The molecule has 114 valence electrons. The van der Waals surface area contributed by atoms with Gasteiger partial charge in [0.25, 0.3) is 0 Å². The molecule has 0 spiro atoms. The Bertz CT molecular complexity index is 646. The molecule has 2 aliphatic heterocycles. The van der Waals surface area contributed by atoms with Crippen molar-refractivity contribution in [1.29, 1.82) is 0 Å². The summed E-state index contributed by atoms with van der Waals surface area (Å²) in [4.78, 5) is 0. The first-order chi connectivity index (χ1) is 10.8. The normalized spacial score (nSPS) is 26.9. The van der Waals surface area contributed by atoms with Gasteiger partial charge in [-0.3, -0.25) is 0 Å². The predicted molar refractivity (Wildman–Crippen MR) is 85.4 cm³/mol. The van der Waals surface area contributed by atoms with Crippen molar-refractivity contribution in [3.63, 3.8) is 0 Å². The lowest BCUT2D eigenvalue weighted by Crippen LogP contribution is -2.42. The molecule has 0 amide bonds. The van der Waals surface area contributed by atoms with Crippen LogP contribution in [0.25, 0.3) is 11.1 Å². The van der Waals surface area contributed by atoms with E-state index in [9.17, 15) is 4.39 Å². The zero-order valence-electron chi connectivity index (χ0n) is 12.5. The van der Waals surface area contributed by atoms with Gasteiger partial charge in [-0.2, -0.15) is 0 Å². The molecule has 0 saturated carbocycles. The molecule has 2 nitrogen and oxygen atoms in total. The van der Waals surface area contributed by atoms with Crippen molar-refractivity contribution < 1.29 is 9.13 Å². The van der Waals surface area contributed by atoms with Crippen molar-refractivity contribution in [3.8, 4) is 16.9 Å². The van der Waals surface area contributed by atoms with Crippen molar-refractivity contribution >= 4 is 0 Å².